The Hall–Kier alpha value is -4.77. The zero-order chi connectivity index (χ0) is 25.2. The van der Waals surface area contributed by atoms with Gasteiger partial charge in [-0.1, -0.05) is 30.3 Å². The van der Waals surface area contributed by atoms with Crippen LogP contribution in [0.25, 0.3) is 6.08 Å². The number of methoxy groups -OCH3 is 2. The Morgan fingerprint density at radius 2 is 1.74 bits per heavy atom. The quantitative estimate of drug-likeness (QED) is 0.335. The highest BCUT2D eigenvalue weighted by molar-refractivity contribution is 6.02. The Kier molecular flexibility index (Phi) is 8.46. The molecule has 0 spiro atoms. The van der Waals surface area contributed by atoms with Crippen molar-refractivity contribution in [3.8, 4) is 23.3 Å². The first-order valence-corrected chi connectivity index (χ1v) is 10.6. The summed E-state index contributed by atoms with van der Waals surface area (Å²) in [5, 5.41) is 21.3. The van der Waals surface area contributed by atoms with Crippen LogP contribution >= 0.6 is 0 Å². The maximum absolute atomic E-state index is 12.7. The zero-order valence-electron chi connectivity index (χ0n) is 19.3. The summed E-state index contributed by atoms with van der Waals surface area (Å²) in [6, 6.07) is 20.6. The van der Waals surface area contributed by atoms with Gasteiger partial charge in [-0.3, -0.25) is 4.79 Å². The predicted octanol–water partition coefficient (Wildman–Crippen LogP) is 4.20. The van der Waals surface area contributed by atoms with Crippen molar-refractivity contribution in [1.29, 1.82) is 5.26 Å². The van der Waals surface area contributed by atoms with Crippen molar-refractivity contribution in [1.82, 2.24) is 5.32 Å². The Labute approximate surface area is 203 Å². The van der Waals surface area contributed by atoms with Gasteiger partial charge in [-0.05, 0) is 42.0 Å². The van der Waals surface area contributed by atoms with Crippen LogP contribution in [0.3, 0.4) is 0 Å². The van der Waals surface area contributed by atoms with Gasteiger partial charge in [0, 0.05) is 23.7 Å². The van der Waals surface area contributed by atoms with Gasteiger partial charge < -0.3 is 24.6 Å². The number of hydrogen-bond acceptors (Lipinski definition) is 6. The molecule has 8 heteroatoms. The van der Waals surface area contributed by atoms with Crippen molar-refractivity contribution in [2.75, 3.05) is 14.2 Å². The average Bonchev–Trinajstić information content (AvgIpc) is 2.89. The Balaban J connectivity index is 1.71. The van der Waals surface area contributed by atoms with E-state index in [4.69, 9.17) is 19.3 Å². The lowest BCUT2D eigenvalue weighted by atomic mass is 10.1. The lowest BCUT2D eigenvalue weighted by Gasteiger charge is -2.12. The number of carbonyl (C=O) groups is 2. The summed E-state index contributed by atoms with van der Waals surface area (Å²) in [4.78, 5) is 23.7. The van der Waals surface area contributed by atoms with Gasteiger partial charge in [0.15, 0.2) is 0 Å². The summed E-state index contributed by atoms with van der Waals surface area (Å²) in [5.74, 6) is 0.128. The van der Waals surface area contributed by atoms with Crippen LogP contribution in [0.1, 0.15) is 27.0 Å². The van der Waals surface area contributed by atoms with Gasteiger partial charge in [0.25, 0.3) is 5.91 Å². The molecule has 8 nitrogen and oxygen atoms in total. The van der Waals surface area contributed by atoms with Crippen LogP contribution in [0.5, 0.6) is 17.2 Å². The molecule has 0 aliphatic rings. The van der Waals surface area contributed by atoms with Gasteiger partial charge in [0.1, 0.15) is 35.5 Å². The van der Waals surface area contributed by atoms with E-state index in [1.165, 1.54) is 25.3 Å². The molecule has 0 unspecified atom stereocenters. The fourth-order valence-electron chi connectivity index (χ4n) is 3.21. The van der Waals surface area contributed by atoms with Crippen LogP contribution in [0.4, 0.5) is 0 Å². The van der Waals surface area contributed by atoms with Crippen molar-refractivity contribution in [3.05, 3.63) is 94.6 Å². The molecule has 1 amide bonds. The normalized spacial score (nSPS) is 10.7. The fourth-order valence-corrected chi connectivity index (χ4v) is 3.21. The highest BCUT2D eigenvalue weighted by Gasteiger charge is 2.13. The molecule has 0 aliphatic heterocycles. The van der Waals surface area contributed by atoms with Crippen molar-refractivity contribution in [2.45, 2.75) is 13.2 Å². The molecular formula is C27H24N2O6. The first kappa shape index (κ1) is 24.9. The van der Waals surface area contributed by atoms with Gasteiger partial charge in [0.05, 0.1) is 19.8 Å². The van der Waals surface area contributed by atoms with Crippen molar-refractivity contribution >= 4 is 18.0 Å². The van der Waals surface area contributed by atoms with E-state index in [2.05, 4.69) is 5.32 Å². The molecule has 3 aromatic carbocycles. The number of ether oxygens (including phenoxy) is 3. The molecule has 0 aromatic heterocycles. The number of rotatable bonds is 10. The lowest BCUT2D eigenvalue weighted by Crippen LogP contribution is -2.24. The van der Waals surface area contributed by atoms with E-state index in [9.17, 15) is 14.9 Å². The van der Waals surface area contributed by atoms with Crippen LogP contribution in [-0.2, 0) is 17.9 Å². The van der Waals surface area contributed by atoms with Gasteiger partial charge in [-0.25, -0.2) is 4.79 Å². The number of carbonyl (C=O) groups excluding carboxylic acids is 1. The van der Waals surface area contributed by atoms with Crippen molar-refractivity contribution in [3.63, 3.8) is 0 Å². The van der Waals surface area contributed by atoms with E-state index in [1.807, 2.05) is 6.07 Å². The monoisotopic (exact) mass is 472 g/mol. The van der Waals surface area contributed by atoms with E-state index in [0.717, 1.165) is 11.1 Å². The second-order valence-corrected chi connectivity index (χ2v) is 7.36. The average molecular weight is 472 g/mol. The smallest absolute Gasteiger partial charge is 0.335 e. The number of carboxylic acids is 1. The number of nitrogens with one attached hydrogen (secondary N) is 1. The van der Waals surface area contributed by atoms with Crippen LogP contribution in [0, 0.1) is 11.3 Å². The molecule has 2 N–H and O–H groups in total. The molecule has 0 saturated heterocycles. The van der Waals surface area contributed by atoms with Gasteiger partial charge in [-0.15, -0.1) is 0 Å². The summed E-state index contributed by atoms with van der Waals surface area (Å²) < 4.78 is 16.4. The molecule has 3 rings (SSSR count). The lowest BCUT2D eigenvalue weighted by molar-refractivity contribution is -0.117. The second-order valence-electron chi connectivity index (χ2n) is 7.36. The van der Waals surface area contributed by atoms with Crippen molar-refractivity contribution in [2.24, 2.45) is 0 Å². The van der Waals surface area contributed by atoms with Crippen LogP contribution < -0.4 is 19.5 Å². The number of para-hydroxylation sites is 1. The second kappa shape index (κ2) is 11.9. The molecular weight excluding hydrogens is 448 g/mol. The molecule has 35 heavy (non-hydrogen) atoms. The maximum Gasteiger partial charge on any atom is 0.335 e. The molecule has 3 aromatic rings. The molecule has 0 saturated carbocycles. The van der Waals surface area contributed by atoms with Crippen LogP contribution in [0.15, 0.2) is 72.3 Å². The first-order valence-electron chi connectivity index (χ1n) is 10.6. The molecule has 0 atom stereocenters. The van der Waals surface area contributed by atoms with Crippen molar-refractivity contribution < 1.29 is 28.9 Å². The van der Waals surface area contributed by atoms with Gasteiger partial charge in [-0.2, -0.15) is 5.26 Å². The summed E-state index contributed by atoms with van der Waals surface area (Å²) in [5.41, 5.74) is 2.17. The minimum absolute atomic E-state index is 0.0839. The highest BCUT2D eigenvalue weighted by Crippen LogP contribution is 2.25. The molecule has 0 radical (unpaired) electrons. The van der Waals surface area contributed by atoms with Gasteiger partial charge >= 0.3 is 5.97 Å². The topological polar surface area (TPSA) is 118 Å². The Morgan fingerprint density at radius 1 is 1.00 bits per heavy atom. The number of carboxylic acid groups (broad SMARTS) is 1. The number of aromatic carboxylic acids is 1. The summed E-state index contributed by atoms with van der Waals surface area (Å²) >= 11 is 0. The van der Waals surface area contributed by atoms with Crippen LogP contribution in [0.2, 0.25) is 0 Å². The number of nitrogens with zero attached hydrogens (tertiary/aromatic N) is 1. The van der Waals surface area contributed by atoms with E-state index in [1.54, 1.807) is 61.7 Å². The largest absolute Gasteiger partial charge is 0.497 e. The molecule has 0 aliphatic carbocycles. The summed E-state index contributed by atoms with van der Waals surface area (Å²) in [6.45, 7) is 0.353. The molecule has 178 valence electrons. The SMILES string of the molecule is COc1ccc(CNC(=O)/C(C#N)=C/c2ccccc2OCc2ccc(C(=O)O)cc2)c(OC)c1. The standard InChI is InChI=1S/C27H24N2O6/c1-33-23-12-11-21(25(14-23)34-2)16-29-26(30)22(15-28)13-20-5-3-4-6-24(20)35-17-18-7-9-19(10-8-18)27(31)32/h3-14H,16-17H2,1-2H3,(H,29,30)(H,31,32)/b22-13+. The third-order valence-corrected chi connectivity index (χ3v) is 5.11. The Bertz CT molecular complexity index is 1280. The third kappa shape index (κ3) is 6.62. The Morgan fingerprint density at radius 3 is 2.40 bits per heavy atom. The molecule has 0 heterocycles. The van der Waals surface area contributed by atoms with E-state index in [-0.39, 0.29) is 24.3 Å². The van der Waals surface area contributed by atoms with E-state index in [0.29, 0.717) is 22.8 Å². The van der Waals surface area contributed by atoms with Gasteiger partial charge in [0.2, 0.25) is 0 Å². The summed E-state index contributed by atoms with van der Waals surface area (Å²) in [6.07, 6.45) is 1.46. The third-order valence-electron chi connectivity index (χ3n) is 5.11. The molecule has 0 fully saturated rings. The predicted molar refractivity (Wildman–Crippen MR) is 129 cm³/mol. The fraction of sp³-hybridized carbons (Fsp3) is 0.148. The van der Waals surface area contributed by atoms with E-state index >= 15 is 0 Å². The summed E-state index contributed by atoms with van der Waals surface area (Å²) in [7, 11) is 3.08. The maximum atomic E-state index is 12.7. The highest BCUT2D eigenvalue weighted by atomic mass is 16.5. The molecule has 0 bridgehead atoms. The number of benzene rings is 3. The minimum Gasteiger partial charge on any atom is -0.497 e. The number of hydrogen-bond donors (Lipinski definition) is 2. The minimum atomic E-state index is -0.999. The first-order chi connectivity index (χ1) is 16.9. The van der Waals surface area contributed by atoms with E-state index < -0.39 is 11.9 Å². The van der Waals surface area contributed by atoms with Crippen LogP contribution in [-0.4, -0.2) is 31.2 Å². The number of nitriles is 1. The number of amides is 1. The zero-order valence-corrected chi connectivity index (χ0v) is 19.3.